The van der Waals surface area contributed by atoms with Gasteiger partial charge in [-0.1, -0.05) is 112 Å². The largest absolute Gasteiger partial charge is 0.458 e. The van der Waals surface area contributed by atoms with E-state index in [4.69, 9.17) is 16.3 Å². The number of nitrogens with one attached hydrogen (secondary N) is 6. The highest BCUT2D eigenvalue weighted by molar-refractivity contribution is 6.30. The number of carbonyl (C=O) groups excluding carboxylic acids is 8. The Morgan fingerprint density at radius 1 is 0.823 bits per heavy atom. The van der Waals surface area contributed by atoms with Crippen LogP contribution in [0.3, 0.4) is 0 Å². The minimum atomic E-state index is -1.92. The van der Waals surface area contributed by atoms with Crippen LogP contribution >= 0.6 is 11.6 Å². The minimum Gasteiger partial charge on any atom is -0.458 e. The van der Waals surface area contributed by atoms with Gasteiger partial charge in [0, 0.05) is 53.4 Å². The summed E-state index contributed by atoms with van der Waals surface area (Å²) >= 11 is 5.97. The summed E-state index contributed by atoms with van der Waals surface area (Å²) in [5, 5.41) is 49.9. The summed E-state index contributed by atoms with van der Waals surface area (Å²) < 4.78 is 6.40. The molecule has 7 amide bonds. The number of allylic oxidation sites excluding steroid dienone is 1. The number of nitrogens with zero attached hydrogens (tertiary/aromatic N) is 4. The Morgan fingerprint density at radius 3 is 2.03 bits per heavy atom. The lowest BCUT2D eigenvalue weighted by Gasteiger charge is -2.34. The molecule has 7 N–H and O–H groups in total. The molecule has 2 aromatic carbocycles. The summed E-state index contributed by atoms with van der Waals surface area (Å²) in [7, 11) is 0. The molecule has 25 heteroatoms. The van der Waals surface area contributed by atoms with Gasteiger partial charge in [-0.3, -0.25) is 53.8 Å². The summed E-state index contributed by atoms with van der Waals surface area (Å²) in [5.74, 6) is -10.6. The maximum Gasteiger partial charge on any atom is 0.329 e. The Balaban J connectivity index is 1.32. The number of hydrogen-bond donors (Lipinski definition) is 7. The summed E-state index contributed by atoms with van der Waals surface area (Å²) in [6, 6.07) is 6.71. The second kappa shape index (κ2) is 25.7. The van der Waals surface area contributed by atoms with Crippen molar-refractivity contribution >= 4 is 58.9 Å². The zero-order chi connectivity index (χ0) is 57.4. The smallest absolute Gasteiger partial charge is 0.329 e. The van der Waals surface area contributed by atoms with E-state index in [-0.39, 0.29) is 50.2 Å². The maximum atomic E-state index is 15.1. The first-order valence-corrected chi connectivity index (χ1v) is 26.9. The molecular weight excluding hydrogens is 1050 g/mol. The van der Waals surface area contributed by atoms with Gasteiger partial charge in [-0.05, 0) is 68.2 Å². The summed E-state index contributed by atoms with van der Waals surface area (Å²) in [4.78, 5) is 142. The van der Waals surface area contributed by atoms with Crippen LogP contribution in [0.5, 0.6) is 0 Å². The molecule has 79 heavy (non-hydrogen) atoms. The molecule has 1 unspecified atom stereocenters. The third kappa shape index (κ3) is 14.4. The molecule has 2 saturated carbocycles. The second-order valence-electron chi connectivity index (χ2n) is 21.1. The third-order valence-corrected chi connectivity index (χ3v) is 15.8. The first kappa shape index (κ1) is 58.8. The van der Waals surface area contributed by atoms with E-state index in [2.05, 4.69) is 31.9 Å². The normalized spacial score (nSPS) is 28.9. The van der Waals surface area contributed by atoms with Crippen LogP contribution in [0.15, 0.2) is 84.9 Å². The Morgan fingerprint density at radius 2 is 1.43 bits per heavy atom. The minimum absolute atomic E-state index is 0.000414. The van der Waals surface area contributed by atoms with Crippen molar-refractivity contribution in [3.8, 4) is 0 Å². The van der Waals surface area contributed by atoms with Gasteiger partial charge < -0.3 is 46.7 Å². The highest BCUT2D eigenvalue weighted by atomic mass is 35.5. The Bertz CT molecular complexity index is 2820. The number of halogens is 1. The molecule has 15 atom stereocenters. The summed E-state index contributed by atoms with van der Waals surface area (Å²) in [6.45, 7) is 8.27. The van der Waals surface area contributed by atoms with E-state index in [1.165, 1.54) is 17.9 Å². The van der Waals surface area contributed by atoms with Crippen molar-refractivity contribution in [2.75, 3.05) is 6.54 Å². The Kier molecular flexibility index (Phi) is 19.1. The van der Waals surface area contributed by atoms with E-state index in [9.17, 15) is 54.2 Å². The van der Waals surface area contributed by atoms with Crippen LogP contribution in [0.25, 0.3) is 0 Å². The van der Waals surface area contributed by atoms with E-state index >= 15 is 9.59 Å². The number of esters is 1. The highest BCUT2D eigenvalue weighted by Crippen LogP contribution is 2.38. The number of aromatic nitrogens is 1. The average Bonchev–Trinajstić information content (AvgIpc) is 4.39. The maximum absolute atomic E-state index is 15.1. The topological polar surface area (TPSA) is 333 Å². The number of benzene rings is 2. The fraction of sp³-hybridized carbons (Fsp3) is 0.519. The molecule has 1 aromatic heterocycles. The lowest BCUT2D eigenvalue weighted by atomic mass is 9.91. The number of nitro groups is 2. The number of fused-ring (bicyclic) bond motifs is 1. The van der Waals surface area contributed by atoms with E-state index < -0.39 is 153 Å². The first-order valence-electron chi connectivity index (χ1n) is 26.5. The number of rotatable bonds is 17. The van der Waals surface area contributed by atoms with Crippen LogP contribution in [-0.2, 0) is 44.7 Å². The van der Waals surface area contributed by atoms with Gasteiger partial charge >= 0.3 is 5.97 Å². The van der Waals surface area contributed by atoms with Gasteiger partial charge in [0.1, 0.15) is 59.2 Å². The van der Waals surface area contributed by atoms with Gasteiger partial charge in [-0.25, -0.2) is 4.79 Å². The molecular formula is C54H67ClN10O14. The molecule has 4 fully saturated rings. The van der Waals surface area contributed by atoms with Gasteiger partial charge in [-0.2, -0.15) is 4.73 Å². The lowest BCUT2D eigenvalue weighted by molar-refractivity contribution is -0.498. The van der Waals surface area contributed by atoms with Gasteiger partial charge in [0.25, 0.3) is 5.91 Å². The zero-order valence-electron chi connectivity index (χ0n) is 44.3. The predicted molar refractivity (Wildman–Crippen MR) is 283 cm³/mol. The molecule has 2 saturated heterocycles. The molecule has 7 rings (SSSR count). The highest BCUT2D eigenvalue weighted by Gasteiger charge is 2.52. The molecule has 0 spiro atoms. The third-order valence-electron chi connectivity index (χ3n) is 15.5. The number of amides is 7. The predicted octanol–water partition coefficient (Wildman–Crippen LogP) is 2.84. The van der Waals surface area contributed by atoms with Crippen molar-refractivity contribution in [1.29, 1.82) is 0 Å². The first-order chi connectivity index (χ1) is 37.6. The van der Waals surface area contributed by atoms with Crippen LogP contribution in [0.2, 0.25) is 5.15 Å². The number of carbonyl (C=O) groups is 8. The molecule has 4 aliphatic rings. The lowest BCUT2D eigenvalue weighted by Crippen LogP contribution is -2.62. The molecule has 2 aliphatic carbocycles. The van der Waals surface area contributed by atoms with Crippen molar-refractivity contribution in [3.05, 3.63) is 127 Å². The zero-order valence-corrected chi connectivity index (χ0v) is 45.1. The molecule has 0 radical (unpaired) electrons. The second-order valence-corrected chi connectivity index (χ2v) is 21.5. The fourth-order valence-electron chi connectivity index (χ4n) is 10.4. The SMILES string of the molecule is C/C=C\[C@H]1C[C@H]2C(=O)O[C@H](C)[C@@H](NC(=O)[C@H](C[C@@H]3C[C@H]3[N+](=O)[O-])NC(=O)c3ccc(Cl)n3O)C(=O)N[C@@H](Cc3ccccc3)C(=O)N[C@H](C[C@@H]3C[C@H]3[N+](=O)[O-])C(=O)N[C@@H]([C@H](C)c3ccccc3)C(=O)NC([C@@H](C)CC)C(=O)N2C1. The van der Waals surface area contributed by atoms with Crippen LogP contribution in [-0.4, -0.2) is 139 Å². The molecule has 24 nitrogen and oxygen atoms in total. The monoisotopic (exact) mass is 1110 g/mol. The van der Waals surface area contributed by atoms with Crippen molar-refractivity contribution in [2.45, 2.75) is 146 Å². The molecule has 0 bridgehead atoms. The van der Waals surface area contributed by atoms with Crippen molar-refractivity contribution < 1.29 is 58.1 Å². The standard InChI is InChI=1S/C54H67ClN10O14/c1-6-14-32-22-42-54(73)79-30(5)46(61-49(68)38(24-35-26-41(35)65(77)78)57-50(69)39-19-20-43(55)63(39)74)52(71)58-36(21-31-15-10-8-11-16-31)47(66)56-37(23-34-25-40(34)64(75)76)48(67)60-45(29(4)33-17-12-9-13-18-33)51(70)59-44(28(3)7-2)53(72)62(42)27-32/h6,8-20,28-30,32,34-38,40-42,44-46,74H,7,21-27H2,1-5H3,(H,56,66)(H,57,69)(H,58,71)(H,59,70)(H,60,67)(H,61,68)/b14-6-/t28-,29+,30+,32-,34+,35+,36-,37+,38-,40+,41+,42-,44?,45-,46+/m0/s1. The Hall–Kier alpha value is -7.89. The van der Waals surface area contributed by atoms with Crippen LogP contribution in [0.1, 0.15) is 101 Å². The summed E-state index contributed by atoms with van der Waals surface area (Å²) in [5.41, 5.74) is 0.719. The van der Waals surface area contributed by atoms with Crippen molar-refractivity contribution in [1.82, 2.24) is 41.5 Å². The number of cyclic esters (lactones) is 1. The number of hydrogen-bond acceptors (Lipinski definition) is 14. The van der Waals surface area contributed by atoms with Crippen LogP contribution in [0, 0.1) is 43.9 Å². The average molecular weight is 1120 g/mol. The number of ether oxygens (including phenoxy) is 1. The molecule has 424 valence electrons. The molecule has 2 aliphatic heterocycles. The van der Waals surface area contributed by atoms with E-state index in [1.54, 1.807) is 101 Å². The molecule has 3 heterocycles. The Labute approximate surface area is 460 Å². The van der Waals surface area contributed by atoms with Crippen molar-refractivity contribution in [3.63, 3.8) is 0 Å². The summed E-state index contributed by atoms with van der Waals surface area (Å²) in [6.07, 6.45) is 1.64. The quantitative estimate of drug-likeness (QED) is 0.0336. The van der Waals surface area contributed by atoms with Crippen LogP contribution < -0.4 is 31.9 Å². The molecule has 3 aromatic rings. The van der Waals surface area contributed by atoms with E-state index in [0.29, 0.717) is 22.3 Å². The van der Waals surface area contributed by atoms with Gasteiger partial charge in [0.05, 0.1) is 0 Å². The van der Waals surface area contributed by atoms with Gasteiger partial charge in [0.2, 0.25) is 47.5 Å². The van der Waals surface area contributed by atoms with E-state index in [0.717, 1.165) is 6.07 Å². The van der Waals surface area contributed by atoms with Crippen molar-refractivity contribution in [2.24, 2.45) is 23.7 Å². The van der Waals surface area contributed by atoms with Gasteiger partial charge in [-0.15, -0.1) is 0 Å². The van der Waals surface area contributed by atoms with E-state index in [1.807, 2.05) is 0 Å². The van der Waals surface area contributed by atoms with Gasteiger partial charge in [0.15, 0.2) is 0 Å². The fourth-order valence-corrected chi connectivity index (χ4v) is 10.6. The van der Waals surface area contributed by atoms with Crippen LogP contribution in [0.4, 0.5) is 0 Å².